The van der Waals surface area contributed by atoms with Crippen molar-refractivity contribution in [1.82, 2.24) is 9.78 Å². The zero-order chi connectivity index (χ0) is 9.97. The van der Waals surface area contributed by atoms with Crippen molar-refractivity contribution in [2.75, 3.05) is 6.61 Å². The Morgan fingerprint density at radius 2 is 2.64 bits per heavy atom. The molecule has 0 aromatic carbocycles. The van der Waals surface area contributed by atoms with Crippen LogP contribution in [-0.4, -0.2) is 22.7 Å². The fraction of sp³-hybridized carbons (Fsp3) is 0.600. The van der Waals surface area contributed by atoms with Crippen LogP contribution in [0.3, 0.4) is 0 Å². The monoisotopic (exact) mass is 194 g/mol. The van der Waals surface area contributed by atoms with Crippen LogP contribution in [0.1, 0.15) is 25.0 Å². The molecule has 0 N–H and O–H groups in total. The number of aryl methyl sites for hydroxylation is 1. The predicted octanol–water partition coefficient (Wildman–Crippen LogP) is 1.18. The summed E-state index contributed by atoms with van der Waals surface area (Å²) in [6.45, 7) is 3.55. The summed E-state index contributed by atoms with van der Waals surface area (Å²) < 4.78 is 7.36. The van der Waals surface area contributed by atoms with Gasteiger partial charge in [-0.3, -0.25) is 4.68 Å². The third kappa shape index (κ3) is 1.57. The molecule has 2 atom stereocenters. The molecule has 0 bridgehead atoms. The summed E-state index contributed by atoms with van der Waals surface area (Å²) in [6.07, 6.45) is 5.47. The van der Waals surface area contributed by atoms with E-state index in [0.29, 0.717) is 6.61 Å². The van der Waals surface area contributed by atoms with Gasteiger partial charge < -0.3 is 9.53 Å². The van der Waals surface area contributed by atoms with Gasteiger partial charge in [-0.1, -0.05) is 0 Å². The molecule has 0 radical (unpaired) electrons. The topological polar surface area (TPSA) is 44.1 Å². The van der Waals surface area contributed by atoms with Crippen LogP contribution in [0.25, 0.3) is 0 Å². The van der Waals surface area contributed by atoms with E-state index in [1.807, 2.05) is 17.8 Å². The van der Waals surface area contributed by atoms with Crippen LogP contribution in [-0.2, 0) is 16.1 Å². The lowest BCUT2D eigenvalue weighted by molar-refractivity contribution is -0.112. The van der Waals surface area contributed by atoms with Crippen LogP contribution in [0.4, 0.5) is 0 Å². The number of carbonyl (C=O) groups is 1. The van der Waals surface area contributed by atoms with Gasteiger partial charge in [0.2, 0.25) is 0 Å². The minimum absolute atomic E-state index is 0.00417. The van der Waals surface area contributed by atoms with Crippen molar-refractivity contribution in [2.24, 2.45) is 5.92 Å². The van der Waals surface area contributed by atoms with E-state index in [2.05, 4.69) is 5.10 Å². The molecule has 1 aromatic rings. The molecule has 0 amide bonds. The largest absolute Gasteiger partial charge is 0.373 e. The third-order valence-electron chi connectivity index (χ3n) is 2.62. The van der Waals surface area contributed by atoms with E-state index < -0.39 is 0 Å². The van der Waals surface area contributed by atoms with E-state index in [1.165, 1.54) is 0 Å². The lowest BCUT2D eigenvalue weighted by Gasteiger charge is -2.10. The third-order valence-corrected chi connectivity index (χ3v) is 2.62. The van der Waals surface area contributed by atoms with E-state index in [9.17, 15) is 4.79 Å². The van der Waals surface area contributed by atoms with Crippen LogP contribution in [0.5, 0.6) is 0 Å². The van der Waals surface area contributed by atoms with Gasteiger partial charge >= 0.3 is 0 Å². The molecule has 0 unspecified atom stereocenters. The molecule has 1 aromatic heterocycles. The maximum absolute atomic E-state index is 10.8. The summed E-state index contributed by atoms with van der Waals surface area (Å²) in [5.41, 5.74) is 1.02. The fourth-order valence-corrected chi connectivity index (χ4v) is 1.79. The van der Waals surface area contributed by atoms with Gasteiger partial charge in [-0.15, -0.1) is 0 Å². The predicted molar refractivity (Wildman–Crippen MR) is 50.8 cm³/mol. The van der Waals surface area contributed by atoms with Gasteiger partial charge in [-0.25, -0.2) is 0 Å². The van der Waals surface area contributed by atoms with Crippen molar-refractivity contribution in [3.05, 3.63) is 18.0 Å². The summed E-state index contributed by atoms with van der Waals surface area (Å²) in [5, 5.41) is 4.17. The molecule has 4 heteroatoms. The highest BCUT2D eigenvalue weighted by atomic mass is 16.5. The van der Waals surface area contributed by atoms with Crippen LogP contribution >= 0.6 is 0 Å². The molecular weight excluding hydrogens is 180 g/mol. The van der Waals surface area contributed by atoms with Gasteiger partial charge in [0.05, 0.1) is 12.3 Å². The second kappa shape index (κ2) is 3.92. The zero-order valence-electron chi connectivity index (χ0n) is 8.22. The maximum atomic E-state index is 10.8. The second-order valence-corrected chi connectivity index (χ2v) is 3.51. The maximum Gasteiger partial charge on any atom is 0.126 e. The Morgan fingerprint density at radius 1 is 1.79 bits per heavy atom. The molecule has 14 heavy (non-hydrogen) atoms. The zero-order valence-corrected chi connectivity index (χ0v) is 8.22. The number of hydrogen-bond acceptors (Lipinski definition) is 3. The summed E-state index contributed by atoms with van der Waals surface area (Å²) in [6, 6.07) is 0. The Hall–Kier alpha value is -1.16. The van der Waals surface area contributed by atoms with Gasteiger partial charge in [0, 0.05) is 30.8 Å². The van der Waals surface area contributed by atoms with Gasteiger partial charge in [0.25, 0.3) is 0 Å². The van der Waals surface area contributed by atoms with Crippen LogP contribution in [0.2, 0.25) is 0 Å². The first kappa shape index (κ1) is 9.40. The first-order valence-corrected chi connectivity index (χ1v) is 4.94. The molecule has 2 rings (SSSR count). The fourth-order valence-electron chi connectivity index (χ4n) is 1.79. The highest BCUT2D eigenvalue weighted by Gasteiger charge is 2.30. The number of aromatic nitrogens is 2. The van der Waals surface area contributed by atoms with Crippen LogP contribution in [0, 0.1) is 5.92 Å². The molecule has 0 saturated carbocycles. The minimum Gasteiger partial charge on any atom is -0.373 e. The van der Waals surface area contributed by atoms with Crippen molar-refractivity contribution in [3.8, 4) is 0 Å². The van der Waals surface area contributed by atoms with E-state index in [1.54, 1.807) is 6.20 Å². The summed E-state index contributed by atoms with van der Waals surface area (Å²) in [7, 11) is 0. The van der Waals surface area contributed by atoms with Crippen molar-refractivity contribution in [2.45, 2.75) is 26.0 Å². The molecule has 1 fully saturated rings. The SMILES string of the molecule is CCn1cc([C@H]2OCC[C@@H]2C=O)cn1. The molecule has 76 valence electrons. The Morgan fingerprint density at radius 3 is 3.29 bits per heavy atom. The number of rotatable bonds is 3. The summed E-state index contributed by atoms with van der Waals surface area (Å²) in [5.74, 6) is 0.00417. The molecule has 0 aliphatic carbocycles. The highest BCUT2D eigenvalue weighted by molar-refractivity contribution is 5.55. The number of ether oxygens (including phenoxy) is 1. The molecule has 4 nitrogen and oxygen atoms in total. The second-order valence-electron chi connectivity index (χ2n) is 3.51. The average molecular weight is 194 g/mol. The quantitative estimate of drug-likeness (QED) is 0.679. The number of carbonyl (C=O) groups excluding carboxylic acids is 1. The van der Waals surface area contributed by atoms with Crippen LogP contribution in [0.15, 0.2) is 12.4 Å². The molecular formula is C10H14N2O2. The Bertz CT molecular complexity index is 322. The first-order chi connectivity index (χ1) is 6.85. The highest BCUT2D eigenvalue weighted by Crippen LogP contribution is 2.32. The molecule has 2 heterocycles. The molecule has 1 saturated heterocycles. The number of hydrogen-bond donors (Lipinski definition) is 0. The lowest BCUT2D eigenvalue weighted by atomic mass is 9.99. The van der Waals surface area contributed by atoms with Crippen molar-refractivity contribution in [3.63, 3.8) is 0 Å². The standard InChI is InChI=1S/C10H14N2O2/c1-2-12-6-9(5-11-12)10-8(7-13)3-4-14-10/h5-8,10H,2-4H2,1H3/t8-,10+/m1/s1. The minimum atomic E-state index is -0.0761. The van der Waals surface area contributed by atoms with E-state index in [4.69, 9.17) is 4.74 Å². The molecule has 1 aliphatic heterocycles. The normalized spacial score (nSPS) is 26.6. The molecule has 0 spiro atoms. The Labute approximate surface area is 82.9 Å². The summed E-state index contributed by atoms with van der Waals surface area (Å²) in [4.78, 5) is 10.8. The van der Waals surface area contributed by atoms with Gasteiger partial charge in [-0.05, 0) is 13.3 Å². The average Bonchev–Trinajstić information content (AvgIpc) is 2.85. The first-order valence-electron chi connectivity index (χ1n) is 4.94. The van der Waals surface area contributed by atoms with Crippen molar-refractivity contribution < 1.29 is 9.53 Å². The van der Waals surface area contributed by atoms with Crippen molar-refractivity contribution >= 4 is 6.29 Å². The van der Waals surface area contributed by atoms with E-state index in [0.717, 1.165) is 24.8 Å². The van der Waals surface area contributed by atoms with Gasteiger partial charge in [0.1, 0.15) is 6.29 Å². The van der Waals surface area contributed by atoms with E-state index in [-0.39, 0.29) is 12.0 Å². The molecule has 1 aliphatic rings. The Kier molecular flexibility index (Phi) is 2.63. The summed E-state index contributed by atoms with van der Waals surface area (Å²) >= 11 is 0. The Balaban J connectivity index is 2.17. The number of nitrogens with zero attached hydrogens (tertiary/aromatic N) is 2. The lowest BCUT2D eigenvalue weighted by Crippen LogP contribution is -2.07. The van der Waals surface area contributed by atoms with E-state index >= 15 is 0 Å². The van der Waals surface area contributed by atoms with Crippen LogP contribution < -0.4 is 0 Å². The van der Waals surface area contributed by atoms with Gasteiger partial charge in [-0.2, -0.15) is 5.10 Å². The number of aldehydes is 1. The van der Waals surface area contributed by atoms with Gasteiger partial charge in [0.15, 0.2) is 0 Å². The smallest absolute Gasteiger partial charge is 0.126 e. The van der Waals surface area contributed by atoms with Crippen molar-refractivity contribution in [1.29, 1.82) is 0 Å².